The van der Waals surface area contributed by atoms with E-state index in [9.17, 15) is 10.2 Å². The molecule has 1 atom stereocenters. The van der Waals surface area contributed by atoms with Crippen LogP contribution in [0.3, 0.4) is 0 Å². The number of nitrogens with one attached hydrogen (secondary N) is 1. The molecule has 4 heteroatoms. The quantitative estimate of drug-likeness (QED) is 0.749. The molecule has 0 aliphatic heterocycles. The molecule has 0 fully saturated rings. The second-order valence-electron chi connectivity index (χ2n) is 5.02. The van der Waals surface area contributed by atoms with Crippen LogP contribution in [0.2, 0.25) is 0 Å². The summed E-state index contributed by atoms with van der Waals surface area (Å²) >= 11 is 0. The molecular formula is C17H21NO3. The van der Waals surface area contributed by atoms with Gasteiger partial charge >= 0.3 is 0 Å². The maximum Gasteiger partial charge on any atom is 0.119 e. The molecule has 4 nitrogen and oxygen atoms in total. The Morgan fingerprint density at radius 1 is 1.05 bits per heavy atom. The van der Waals surface area contributed by atoms with Crippen LogP contribution in [0.25, 0.3) is 0 Å². The molecule has 21 heavy (non-hydrogen) atoms. The van der Waals surface area contributed by atoms with Crippen LogP contribution < -0.4 is 10.1 Å². The second kappa shape index (κ2) is 6.88. The van der Waals surface area contributed by atoms with Crippen molar-refractivity contribution in [3.8, 4) is 17.2 Å². The van der Waals surface area contributed by atoms with E-state index < -0.39 is 0 Å². The molecule has 3 N–H and O–H groups in total. The van der Waals surface area contributed by atoms with Crippen LogP contribution in [-0.2, 0) is 0 Å². The monoisotopic (exact) mass is 287 g/mol. The molecule has 2 rings (SSSR count). The fraction of sp³-hybridized carbons (Fsp3) is 0.294. The minimum absolute atomic E-state index is 0.0367. The lowest BCUT2D eigenvalue weighted by atomic mass is 10.1. The fourth-order valence-electron chi connectivity index (χ4n) is 2.07. The predicted octanol–water partition coefficient (Wildman–Crippen LogP) is 4.06. The van der Waals surface area contributed by atoms with Gasteiger partial charge in [-0.1, -0.05) is 6.92 Å². The summed E-state index contributed by atoms with van der Waals surface area (Å²) in [6.07, 6.45) is 0.984. The summed E-state index contributed by atoms with van der Waals surface area (Å²) < 4.78 is 5.54. The van der Waals surface area contributed by atoms with Crippen molar-refractivity contribution in [3.05, 3.63) is 48.0 Å². The second-order valence-corrected chi connectivity index (χ2v) is 5.02. The van der Waals surface area contributed by atoms with Gasteiger partial charge < -0.3 is 20.3 Å². The number of rotatable bonds is 6. The zero-order valence-electron chi connectivity index (χ0n) is 12.3. The molecule has 2 aromatic rings. The Hall–Kier alpha value is -2.36. The normalized spacial score (nSPS) is 11.9. The molecule has 0 saturated heterocycles. The Morgan fingerprint density at radius 2 is 1.67 bits per heavy atom. The van der Waals surface area contributed by atoms with E-state index in [0.717, 1.165) is 23.4 Å². The first kappa shape index (κ1) is 15.0. The van der Waals surface area contributed by atoms with Gasteiger partial charge in [-0.25, -0.2) is 0 Å². The minimum atomic E-state index is -0.0367. The van der Waals surface area contributed by atoms with Crippen LogP contribution in [0.15, 0.2) is 42.5 Å². The molecule has 1 unspecified atom stereocenters. The average Bonchev–Trinajstić information content (AvgIpc) is 2.45. The van der Waals surface area contributed by atoms with Gasteiger partial charge in [-0.3, -0.25) is 0 Å². The van der Waals surface area contributed by atoms with Gasteiger partial charge in [0.15, 0.2) is 0 Å². The summed E-state index contributed by atoms with van der Waals surface area (Å²) in [6.45, 7) is 4.75. The van der Waals surface area contributed by atoms with E-state index in [0.29, 0.717) is 6.61 Å². The standard InChI is InChI=1S/C17H21NO3/c1-3-8-21-17-6-4-14(5-7-17)18-12(2)13-9-15(19)11-16(20)10-13/h4-7,9-12,18-20H,3,8H2,1-2H3. The lowest BCUT2D eigenvalue weighted by molar-refractivity contribution is 0.317. The molecule has 0 amide bonds. The van der Waals surface area contributed by atoms with Crippen molar-refractivity contribution in [2.24, 2.45) is 0 Å². The van der Waals surface area contributed by atoms with Crippen molar-refractivity contribution in [3.63, 3.8) is 0 Å². The molecule has 0 spiro atoms. The van der Waals surface area contributed by atoms with Crippen molar-refractivity contribution in [1.82, 2.24) is 0 Å². The summed E-state index contributed by atoms with van der Waals surface area (Å²) in [4.78, 5) is 0. The molecule has 0 radical (unpaired) electrons. The van der Waals surface area contributed by atoms with Crippen LogP contribution in [0.4, 0.5) is 5.69 Å². The Bertz CT molecular complexity index is 561. The van der Waals surface area contributed by atoms with E-state index >= 15 is 0 Å². The molecular weight excluding hydrogens is 266 g/mol. The van der Waals surface area contributed by atoms with E-state index in [-0.39, 0.29) is 17.5 Å². The van der Waals surface area contributed by atoms with Gasteiger partial charge in [-0.05, 0) is 55.3 Å². The number of ether oxygens (including phenoxy) is 1. The lowest BCUT2D eigenvalue weighted by Gasteiger charge is -2.16. The van der Waals surface area contributed by atoms with E-state index in [2.05, 4.69) is 12.2 Å². The van der Waals surface area contributed by atoms with E-state index in [1.165, 1.54) is 6.07 Å². The summed E-state index contributed by atoms with van der Waals surface area (Å²) in [6, 6.07) is 12.3. The number of anilines is 1. The summed E-state index contributed by atoms with van der Waals surface area (Å²) in [5.41, 5.74) is 1.77. The topological polar surface area (TPSA) is 61.7 Å². The maximum absolute atomic E-state index is 9.52. The van der Waals surface area contributed by atoms with Gasteiger partial charge in [-0.15, -0.1) is 0 Å². The average molecular weight is 287 g/mol. The summed E-state index contributed by atoms with van der Waals surface area (Å²) in [5, 5.41) is 22.4. The van der Waals surface area contributed by atoms with Crippen LogP contribution in [0.5, 0.6) is 17.2 Å². The highest BCUT2D eigenvalue weighted by Crippen LogP contribution is 2.27. The molecule has 0 aliphatic carbocycles. The predicted molar refractivity (Wildman–Crippen MR) is 84.0 cm³/mol. The number of phenolic OH excluding ortho intramolecular Hbond substituents is 2. The van der Waals surface area contributed by atoms with Gasteiger partial charge in [0.05, 0.1) is 6.61 Å². The molecule has 112 valence electrons. The van der Waals surface area contributed by atoms with Gasteiger partial charge in [0, 0.05) is 17.8 Å². The molecule has 0 bridgehead atoms. The van der Waals surface area contributed by atoms with Gasteiger partial charge in [0.1, 0.15) is 17.2 Å². The molecule has 0 aliphatic rings. The number of aromatic hydroxyl groups is 2. The number of hydrogen-bond acceptors (Lipinski definition) is 4. The van der Waals surface area contributed by atoms with Crippen molar-refractivity contribution >= 4 is 5.69 Å². The van der Waals surface area contributed by atoms with E-state index in [4.69, 9.17) is 4.74 Å². The largest absolute Gasteiger partial charge is 0.508 e. The first-order chi connectivity index (χ1) is 10.1. The van der Waals surface area contributed by atoms with Gasteiger partial charge in [0.25, 0.3) is 0 Å². The summed E-state index contributed by atoms with van der Waals surface area (Å²) in [7, 11) is 0. The van der Waals surface area contributed by atoms with Crippen molar-refractivity contribution in [1.29, 1.82) is 0 Å². The summed E-state index contributed by atoms with van der Waals surface area (Å²) in [5.74, 6) is 0.967. The van der Waals surface area contributed by atoms with E-state index in [1.54, 1.807) is 12.1 Å². The van der Waals surface area contributed by atoms with Crippen molar-refractivity contribution in [2.45, 2.75) is 26.3 Å². The van der Waals surface area contributed by atoms with Crippen LogP contribution >= 0.6 is 0 Å². The van der Waals surface area contributed by atoms with Gasteiger partial charge in [0.2, 0.25) is 0 Å². The third-order valence-electron chi connectivity index (χ3n) is 3.14. The minimum Gasteiger partial charge on any atom is -0.508 e. The lowest BCUT2D eigenvalue weighted by Crippen LogP contribution is -2.06. The first-order valence-electron chi connectivity index (χ1n) is 7.11. The number of benzene rings is 2. The SMILES string of the molecule is CCCOc1ccc(NC(C)c2cc(O)cc(O)c2)cc1. The molecule has 0 aromatic heterocycles. The zero-order valence-corrected chi connectivity index (χ0v) is 12.3. The highest BCUT2D eigenvalue weighted by Gasteiger charge is 2.08. The Labute approximate surface area is 125 Å². The Kier molecular flexibility index (Phi) is 4.93. The Morgan fingerprint density at radius 3 is 2.24 bits per heavy atom. The van der Waals surface area contributed by atoms with E-state index in [1.807, 2.05) is 31.2 Å². The number of phenols is 2. The van der Waals surface area contributed by atoms with Crippen molar-refractivity contribution in [2.75, 3.05) is 11.9 Å². The number of hydrogen-bond donors (Lipinski definition) is 3. The zero-order chi connectivity index (χ0) is 15.2. The van der Waals surface area contributed by atoms with Crippen LogP contribution in [-0.4, -0.2) is 16.8 Å². The first-order valence-corrected chi connectivity index (χ1v) is 7.11. The highest BCUT2D eigenvalue weighted by atomic mass is 16.5. The third-order valence-corrected chi connectivity index (χ3v) is 3.14. The molecule has 0 heterocycles. The third kappa shape index (κ3) is 4.31. The molecule has 2 aromatic carbocycles. The highest BCUT2D eigenvalue weighted by molar-refractivity contribution is 5.49. The van der Waals surface area contributed by atoms with Crippen LogP contribution in [0.1, 0.15) is 31.9 Å². The van der Waals surface area contributed by atoms with Crippen LogP contribution in [0, 0.1) is 0 Å². The van der Waals surface area contributed by atoms with Crippen molar-refractivity contribution < 1.29 is 14.9 Å². The fourth-order valence-corrected chi connectivity index (χ4v) is 2.07. The maximum atomic E-state index is 9.52. The molecule has 0 saturated carbocycles. The smallest absolute Gasteiger partial charge is 0.119 e. The Balaban J connectivity index is 2.03. The van der Waals surface area contributed by atoms with Gasteiger partial charge in [-0.2, -0.15) is 0 Å².